The summed E-state index contributed by atoms with van der Waals surface area (Å²) < 4.78 is 1.77. The van der Waals surface area contributed by atoms with Crippen LogP contribution in [-0.2, 0) is 17.8 Å². The van der Waals surface area contributed by atoms with Gasteiger partial charge in [0.25, 0.3) is 0 Å². The Hall–Kier alpha value is -1.23. The quantitative estimate of drug-likeness (QED) is 0.740. The summed E-state index contributed by atoms with van der Waals surface area (Å²) in [5.41, 5.74) is 0. The number of aryl methyl sites for hydroxylation is 1. The number of hydrogen-bond donors (Lipinski definition) is 1. The number of hydrogen-bond acceptors (Lipinski definition) is 4. The molecule has 0 saturated carbocycles. The van der Waals surface area contributed by atoms with Gasteiger partial charge in [-0.25, -0.2) is 4.98 Å². The lowest BCUT2D eigenvalue weighted by molar-refractivity contribution is -0.121. The molecule has 0 bridgehead atoms. The summed E-state index contributed by atoms with van der Waals surface area (Å²) in [6.07, 6.45) is 2.55. The van der Waals surface area contributed by atoms with Gasteiger partial charge in [-0.05, 0) is 20.3 Å². The van der Waals surface area contributed by atoms with Gasteiger partial charge in [0.1, 0.15) is 17.9 Å². The van der Waals surface area contributed by atoms with E-state index in [4.69, 9.17) is 5.11 Å². The maximum absolute atomic E-state index is 11.3. The summed E-state index contributed by atoms with van der Waals surface area (Å²) in [4.78, 5) is 15.4. The molecule has 84 valence electrons. The third-order valence-electron chi connectivity index (χ3n) is 2.48. The predicted molar refractivity (Wildman–Crippen MR) is 55.3 cm³/mol. The van der Waals surface area contributed by atoms with Gasteiger partial charge in [-0.1, -0.05) is 0 Å². The van der Waals surface area contributed by atoms with Crippen LogP contribution in [-0.4, -0.2) is 32.3 Å². The molecule has 0 fully saturated rings. The van der Waals surface area contributed by atoms with Crippen molar-refractivity contribution < 1.29 is 9.90 Å². The third kappa shape index (κ3) is 3.13. The Morgan fingerprint density at radius 2 is 2.40 bits per heavy atom. The monoisotopic (exact) mass is 211 g/mol. The fourth-order valence-corrected chi connectivity index (χ4v) is 1.54. The summed E-state index contributed by atoms with van der Waals surface area (Å²) in [6, 6.07) is 0. The van der Waals surface area contributed by atoms with Gasteiger partial charge in [-0.15, -0.1) is 0 Å². The van der Waals surface area contributed by atoms with E-state index >= 15 is 0 Å². The fraction of sp³-hybridized carbons (Fsp3) is 0.700. The molecule has 1 rings (SSSR count). The Labute approximate surface area is 89.1 Å². The van der Waals surface area contributed by atoms with E-state index in [-0.39, 0.29) is 18.3 Å². The molecule has 0 aromatic carbocycles. The van der Waals surface area contributed by atoms with E-state index in [9.17, 15) is 4.79 Å². The number of carbonyl (C=O) groups is 1. The standard InChI is InChI=1S/C10H17N3O2/c1-3-13-10(11-7-12-13)6-9(4-5-14)8(2)15/h7,9,14H,3-6H2,1-2H3. The maximum Gasteiger partial charge on any atom is 0.138 e. The van der Waals surface area contributed by atoms with E-state index in [0.29, 0.717) is 12.8 Å². The van der Waals surface area contributed by atoms with E-state index in [1.54, 1.807) is 11.6 Å². The van der Waals surface area contributed by atoms with Crippen LogP contribution in [0.25, 0.3) is 0 Å². The number of aliphatic hydroxyl groups is 1. The summed E-state index contributed by atoms with van der Waals surface area (Å²) in [5.74, 6) is 0.755. The van der Waals surface area contributed by atoms with Gasteiger partial charge in [-0.2, -0.15) is 5.10 Å². The molecule has 1 N–H and O–H groups in total. The van der Waals surface area contributed by atoms with Crippen LogP contribution in [0.1, 0.15) is 26.1 Å². The maximum atomic E-state index is 11.3. The SMILES string of the molecule is CCn1ncnc1CC(CCO)C(C)=O. The van der Waals surface area contributed by atoms with Crippen molar-refractivity contribution in [1.29, 1.82) is 0 Å². The Balaban J connectivity index is 2.69. The Bertz CT molecular complexity index is 322. The summed E-state index contributed by atoms with van der Waals surface area (Å²) in [6.45, 7) is 4.31. The molecule has 1 heterocycles. The van der Waals surface area contributed by atoms with Crippen LogP contribution < -0.4 is 0 Å². The largest absolute Gasteiger partial charge is 0.396 e. The topological polar surface area (TPSA) is 68.0 Å². The molecule has 0 radical (unpaired) electrons. The van der Waals surface area contributed by atoms with Crippen molar-refractivity contribution in [1.82, 2.24) is 14.8 Å². The minimum atomic E-state index is -0.149. The zero-order valence-corrected chi connectivity index (χ0v) is 9.18. The van der Waals surface area contributed by atoms with Gasteiger partial charge in [-0.3, -0.25) is 9.48 Å². The van der Waals surface area contributed by atoms with E-state index in [1.165, 1.54) is 6.33 Å². The minimum absolute atomic E-state index is 0.0323. The highest BCUT2D eigenvalue weighted by atomic mass is 16.3. The number of aromatic nitrogens is 3. The van der Waals surface area contributed by atoms with Crippen molar-refractivity contribution in [3.05, 3.63) is 12.2 Å². The van der Waals surface area contributed by atoms with Gasteiger partial charge in [0.2, 0.25) is 0 Å². The first kappa shape index (κ1) is 11.8. The minimum Gasteiger partial charge on any atom is -0.396 e. The first-order valence-electron chi connectivity index (χ1n) is 5.17. The summed E-state index contributed by atoms with van der Waals surface area (Å²) in [5, 5.41) is 12.9. The second kappa shape index (κ2) is 5.60. The number of carbonyl (C=O) groups excluding carboxylic acids is 1. The molecule has 1 unspecified atom stereocenters. The van der Waals surface area contributed by atoms with Gasteiger partial charge in [0.15, 0.2) is 0 Å². The normalized spacial score (nSPS) is 12.7. The third-order valence-corrected chi connectivity index (χ3v) is 2.48. The Morgan fingerprint density at radius 3 is 2.93 bits per heavy atom. The highest BCUT2D eigenvalue weighted by Crippen LogP contribution is 2.11. The first-order chi connectivity index (χ1) is 7.19. The van der Waals surface area contributed by atoms with E-state index in [1.807, 2.05) is 6.92 Å². The van der Waals surface area contributed by atoms with Crippen LogP contribution in [0.4, 0.5) is 0 Å². The molecule has 15 heavy (non-hydrogen) atoms. The molecule has 0 spiro atoms. The molecule has 5 nitrogen and oxygen atoms in total. The summed E-state index contributed by atoms with van der Waals surface area (Å²) in [7, 11) is 0. The molecule has 0 amide bonds. The van der Waals surface area contributed by atoms with Crippen LogP contribution in [0.2, 0.25) is 0 Å². The van der Waals surface area contributed by atoms with Crippen molar-refractivity contribution in [2.75, 3.05) is 6.61 Å². The van der Waals surface area contributed by atoms with Gasteiger partial charge < -0.3 is 5.11 Å². The van der Waals surface area contributed by atoms with Gasteiger partial charge in [0.05, 0.1) is 0 Å². The van der Waals surface area contributed by atoms with Gasteiger partial charge in [0, 0.05) is 25.5 Å². The highest BCUT2D eigenvalue weighted by Gasteiger charge is 2.17. The van der Waals surface area contributed by atoms with E-state index in [0.717, 1.165) is 12.4 Å². The highest BCUT2D eigenvalue weighted by molar-refractivity contribution is 5.78. The molecule has 0 aliphatic heterocycles. The zero-order valence-electron chi connectivity index (χ0n) is 9.18. The number of nitrogens with zero attached hydrogens (tertiary/aromatic N) is 3. The fourth-order valence-electron chi connectivity index (χ4n) is 1.54. The zero-order chi connectivity index (χ0) is 11.3. The van der Waals surface area contributed by atoms with Crippen LogP contribution in [0.3, 0.4) is 0 Å². The molecule has 0 aliphatic carbocycles. The van der Waals surface area contributed by atoms with Crippen LogP contribution in [0.15, 0.2) is 6.33 Å². The summed E-state index contributed by atoms with van der Waals surface area (Å²) >= 11 is 0. The average Bonchev–Trinajstić information content (AvgIpc) is 2.64. The second-order valence-electron chi connectivity index (χ2n) is 3.52. The number of Topliss-reactive ketones (excluding diaryl/α,β-unsaturated/α-hetero) is 1. The van der Waals surface area contributed by atoms with Crippen LogP contribution >= 0.6 is 0 Å². The smallest absolute Gasteiger partial charge is 0.138 e. The molecule has 1 aromatic heterocycles. The number of rotatable bonds is 6. The lowest BCUT2D eigenvalue weighted by atomic mass is 9.97. The van der Waals surface area contributed by atoms with Crippen molar-refractivity contribution >= 4 is 5.78 Å². The molecule has 5 heteroatoms. The number of ketones is 1. The Morgan fingerprint density at radius 1 is 1.67 bits per heavy atom. The van der Waals surface area contributed by atoms with Crippen molar-refractivity contribution in [3.8, 4) is 0 Å². The molecule has 1 atom stereocenters. The average molecular weight is 211 g/mol. The molecule has 0 aliphatic rings. The van der Waals surface area contributed by atoms with Crippen LogP contribution in [0, 0.1) is 5.92 Å². The molecular formula is C10H17N3O2. The van der Waals surface area contributed by atoms with Crippen molar-refractivity contribution in [2.24, 2.45) is 5.92 Å². The van der Waals surface area contributed by atoms with Gasteiger partial charge >= 0.3 is 0 Å². The van der Waals surface area contributed by atoms with E-state index in [2.05, 4.69) is 10.1 Å². The molecular weight excluding hydrogens is 194 g/mol. The second-order valence-corrected chi connectivity index (χ2v) is 3.52. The lowest BCUT2D eigenvalue weighted by Gasteiger charge is -2.11. The number of aliphatic hydroxyl groups excluding tert-OH is 1. The predicted octanol–water partition coefficient (Wildman–Crippen LogP) is 0.428. The van der Waals surface area contributed by atoms with Crippen LogP contribution in [0.5, 0.6) is 0 Å². The Kier molecular flexibility index (Phi) is 4.42. The lowest BCUT2D eigenvalue weighted by Crippen LogP contribution is -2.18. The van der Waals surface area contributed by atoms with Crippen molar-refractivity contribution in [2.45, 2.75) is 33.2 Å². The molecule has 1 aromatic rings. The van der Waals surface area contributed by atoms with E-state index < -0.39 is 0 Å². The van der Waals surface area contributed by atoms with Crippen molar-refractivity contribution in [3.63, 3.8) is 0 Å². The first-order valence-corrected chi connectivity index (χ1v) is 5.17. The molecule has 0 saturated heterocycles.